The van der Waals surface area contributed by atoms with E-state index >= 15 is 0 Å². The van der Waals surface area contributed by atoms with Crippen molar-refractivity contribution in [1.82, 2.24) is 0 Å². The zero-order valence-corrected chi connectivity index (χ0v) is 28.1. The molecule has 0 aromatic heterocycles. The summed E-state index contributed by atoms with van der Waals surface area (Å²) in [5.41, 5.74) is 1.99. The molecule has 6 N–H and O–H groups in total. The van der Waals surface area contributed by atoms with Crippen LogP contribution in [0.15, 0.2) is 16.8 Å². The van der Waals surface area contributed by atoms with E-state index in [2.05, 4.69) is 59.7 Å². The molecule has 6 rings (SSSR count). The van der Waals surface area contributed by atoms with Crippen molar-refractivity contribution in [2.45, 2.75) is 149 Å². The maximum absolute atomic E-state index is 12.3. The van der Waals surface area contributed by atoms with E-state index in [0.29, 0.717) is 11.8 Å². The molecule has 1 saturated heterocycles. The number of fused-ring (bicyclic) bond motifs is 7. The average molecular weight is 618 g/mol. The van der Waals surface area contributed by atoms with Crippen molar-refractivity contribution in [1.29, 1.82) is 0 Å². The fourth-order valence-electron chi connectivity index (χ4n) is 12.5. The van der Waals surface area contributed by atoms with Gasteiger partial charge >= 0.3 is 0 Å². The number of hydrogen-bond acceptors (Lipinski definition) is 8. The summed E-state index contributed by atoms with van der Waals surface area (Å²) in [4.78, 5) is 0. The Morgan fingerprint density at radius 3 is 2.23 bits per heavy atom. The topological polar surface area (TPSA) is 143 Å². The molecule has 8 nitrogen and oxygen atoms in total. The summed E-state index contributed by atoms with van der Waals surface area (Å²) >= 11 is 0. The third-order valence-electron chi connectivity index (χ3n) is 15.4. The second kappa shape index (κ2) is 10.5. The maximum atomic E-state index is 12.3. The summed E-state index contributed by atoms with van der Waals surface area (Å²) in [6.45, 7) is 16.3. The van der Waals surface area contributed by atoms with Gasteiger partial charge in [0, 0.05) is 10.8 Å². The molecule has 13 atom stereocenters. The number of rotatable bonds is 3. The molecule has 4 saturated carbocycles. The van der Waals surface area contributed by atoms with Crippen LogP contribution in [0.1, 0.15) is 113 Å². The van der Waals surface area contributed by atoms with Gasteiger partial charge in [-0.05, 0) is 104 Å². The van der Waals surface area contributed by atoms with Crippen molar-refractivity contribution in [2.24, 2.45) is 55.4 Å². The number of aliphatic hydroxyl groups excluding tert-OH is 5. The van der Waals surface area contributed by atoms with E-state index in [1.54, 1.807) is 0 Å². The number of oxime groups is 1. The summed E-state index contributed by atoms with van der Waals surface area (Å²) in [6, 6.07) is 0. The van der Waals surface area contributed by atoms with Crippen molar-refractivity contribution in [3.05, 3.63) is 11.6 Å². The Morgan fingerprint density at radius 2 is 1.57 bits per heavy atom. The van der Waals surface area contributed by atoms with Crippen LogP contribution in [0, 0.1) is 50.2 Å². The molecule has 5 unspecified atom stereocenters. The van der Waals surface area contributed by atoms with Crippen molar-refractivity contribution in [3.8, 4) is 0 Å². The van der Waals surface area contributed by atoms with Crippen LogP contribution in [-0.2, 0) is 4.74 Å². The molecule has 1 heterocycles. The van der Waals surface area contributed by atoms with Crippen LogP contribution in [0.4, 0.5) is 0 Å². The number of hydrogen-bond donors (Lipinski definition) is 6. The van der Waals surface area contributed by atoms with E-state index in [1.165, 1.54) is 5.57 Å². The lowest BCUT2D eigenvalue weighted by Crippen LogP contribution is -2.68. The summed E-state index contributed by atoms with van der Waals surface area (Å²) in [6.07, 6.45) is 4.51. The van der Waals surface area contributed by atoms with E-state index in [-0.39, 0.29) is 33.0 Å². The Bertz CT molecular complexity index is 1200. The van der Waals surface area contributed by atoms with Crippen LogP contribution >= 0.6 is 0 Å². The minimum absolute atomic E-state index is 0.0456. The summed E-state index contributed by atoms with van der Waals surface area (Å²) in [7, 11) is 0. The van der Waals surface area contributed by atoms with Gasteiger partial charge in [-0.15, -0.1) is 0 Å². The van der Waals surface area contributed by atoms with Gasteiger partial charge in [0.25, 0.3) is 0 Å². The van der Waals surface area contributed by atoms with E-state index in [4.69, 9.17) is 4.74 Å². The molecule has 0 aromatic rings. The first-order valence-electron chi connectivity index (χ1n) is 17.3. The third-order valence-corrected chi connectivity index (χ3v) is 15.4. The van der Waals surface area contributed by atoms with Gasteiger partial charge in [0.1, 0.15) is 30.5 Å². The first kappa shape index (κ1) is 32.9. The number of ether oxygens (including phenoxy) is 1. The highest BCUT2D eigenvalue weighted by Crippen LogP contribution is 2.76. The SMILES string of the molecule is CC1(C)CC[C@]2([C@H](O)[C@H]3O[C@H](CO)[C@H](O)C(O)C3O)CC[C@]3(C)C(=CCC4[C@@]5(C)CC/C(=N\O)C(C)(C)C5CC[C@]43C)C2C1. The fraction of sp³-hybridized carbons (Fsp3) is 0.917. The van der Waals surface area contributed by atoms with E-state index in [0.717, 1.165) is 69.9 Å². The summed E-state index contributed by atoms with van der Waals surface area (Å²) in [5.74, 6) is 1.06. The zero-order valence-electron chi connectivity index (χ0n) is 28.1. The van der Waals surface area contributed by atoms with Crippen LogP contribution in [0.2, 0.25) is 0 Å². The van der Waals surface area contributed by atoms with E-state index < -0.39 is 48.6 Å². The van der Waals surface area contributed by atoms with Crippen molar-refractivity contribution < 1.29 is 35.5 Å². The molecule has 0 spiro atoms. The first-order valence-corrected chi connectivity index (χ1v) is 17.3. The molecule has 8 heteroatoms. The van der Waals surface area contributed by atoms with Crippen LogP contribution in [0.5, 0.6) is 0 Å². The van der Waals surface area contributed by atoms with Gasteiger partial charge in [0.05, 0.1) is 18.4 Å². The van der Waals surface area contributed by atoms with E-state index in [1.807, 2.05) is 0 Å². The van der Waals surface area contributed by atoms with Gasteiger partial charge in [-0.2, -0.15) is 0 Å². The van der Waals surface area contributed by atoms with Crippen LogP contribution in [0.3, 0.4) is 0 Å². The lowest BCUT2D eigenvalue weighted by Gasteiger charge is -2.71. The highest BCUT2D eigenvalue weighted by atomic mass is 16.6. The maximum Gasteiger partial charge on any atom is 0.113 e. The average Bonchev–Trinajstić information content (AvgIpc) is 2.95. The van der Waals surface area contributed by atoms with Gasteiger partial charge in [0.15, 0.2) is 0 Å². The minimum Gasteiger partial charge on any atom is -0.411 e. The lowest BCUT2D eigenvalue weighted by molar-refractivity contribution is -0.272. The second-order valence-corrected chi connectivity index (χ2v) is 18.0. The summed E-state index contributed by atoms with van der Waals surface area (Å²) < 4.78 is 6.01. The Labute approximate surface area is 264 Å². The fourth-order valence-corrected chi connectivity index (χ4v) is 12.5. The molecule has 0 radical (unpaired) electrons. The monoisotopic (exact) mass is 617 g/mol. The predicted molar refractivity (Wildman–Crippen MR) is 168 cm³/mol. The molecule has 1 aliphatic heterocycles. The Hall–Kier alpha value is -1.03. The molecule has 5 fully saturated rings. The Balaban J connectivity index is 1.40. The van der Waals surface area contributed by atoms with Gasteiger partial charge < -0.3 is 35.5 Å². The van der Waals surface area contributed by atoms with E-state index in [9.17, 15) is 30.7 Å². The van der Waals surface area contributed by atoms with Gasteiger partial charge in [-0.1, -0.05) is 65.3 Å². The number of aliphatic hydroxyl groups is 5. The quantitative estimate of drug-likeness (QED) is 0.151. The molecule has 0 aromatic carbocycles. The summed E-state index contributed by atoms with van der Waals surface area (Å²) in [5, 5.41) is 68.0. The molecule has 0 bridgehead atoms. The Kier molecular flexibility index (Phi) is 7.84. The molecule has 250 valence electrons. The smallest absolute Gasteiger partial charge is 0.113 e. The largest absolute Gasteiger partial charge is 0.411 e. The number of nitrogens with zero attached hydrogens (tertiary/aromatic N) is 1. The van der Waals surface area contributed by atoms with Gasteiger partial charge in [-0.25, -0.2) is 0 Å². The van der Waals surface area contributed by atoms with Crippen molar-refractivity contribution >= 4 is 5.71 Å². The van der Waals surface area contributed by atoms with Crippen LogP contribution in [-0.4, -0.2) is 79.7 Å². The lowest BCUT2D eigenvalue weighted by atomic mass is 9.33. The molecule has 0 amide bonds. The first-order chi connectivity index (χ1) is 20.4. The van der Waals surface area contributed by atoms with Crippen LogP contribution < -0.4 is 0 Å². The molecular formula is C36H59NO7. The predicted octanol–water partition coefficient (Wildman–Crippen LogP) is 4.82. The normalized spacial score (nSPS) is 53.0. The highest BCUT2D eigenvalue weighted by molar-refractivity contribution is 5.90. The standard InChI is InChI=1S/C36H59NO7/c1-31(2)14-16-36(30(42)29-28(41)27(40)26(39)22(19-38)44-29)17-15-34(6)20(21(36)18-31)8-9-24-33(5)12-11-25(37-43)32(3,4)23(33)10-13-35(24,34)7/h8,21-24,26-30,38-43H,9-19H2,1-7H3/b37-25+/t21?,22-,23?,24?,26+,27?,28?,29+,30-,33+,34-,35-,36+/m1/s1. The van der Waals surface area contributed by atoms with Gasteiger partial charge in [-0.3, -0.25) is 0 Å². The molecule has 44 heavy (non-hydrogen) atoms. The molecular weight excluding hydrogens is 558 g/mol. The number of allylic oxidation sites excluding steroid dienone is 2. The Morgan fingerprint density at radius 1 is 0.886 bits per heavy atom. The second-order valence-electron chi connectivity index (χ2n) is 18.0. The minimum atomic E-state index is -1.50. The third kappa shape index (κ3) is 4.26. The molecule has 5 aliphatic carbocycles. The van der Waals surface area contributed by atoms with Crippen molar-refractivity contribution in [2.75, 3.05) is 6.61 Å². The van der Waals surface area contributed by atoms with Crippen molar-refractivity contribution in [3.63, 3.8) is 0 Å². The highest BCUT2D eigenvalue weighted by Gasteiger charge is 2.69. The molecule has 6 aliphatic rings. The van der Waals surface area contributed by atoms with Crippen LogP contribution in [0.25, 0.3) is 0 Å². The zero-order chi connectivity index (χ0) is 32.3. The van der Waals surface area contributed by atoms with Gasteiger partial charge in [0.2, 0.25) is 0 Å².